The zero-order valence-corrected chi connectivity index (χ0v) is 19.7. The van der Waals surface area contributed by atoms with Crippen molar-refractivity contribution in [3.63, 3.8) is 0 Å². The molecule has 1 aromatic rings. The number of Topliss-reactive ketones (excluding diaryl/α,β-unsaturated/α-hetero) is 2. The van der Waals surface area contributed by atoms with Crippen LogP contribution in [0.4, 0.5) is 5.69 Å². The van der Waals surface area contributed by atoms with Gasteiger partial charge in [0.2, 0.25) is 5.78 Å². The molecule has 1 saturated carbocycles. The molecule has 3 aliphatic carbocycles. The van der Waals surface area contributed by atoms with Crippen molar-refractivity contribution in [1.29, 1.82) is 5.26 Å². The molecule has 1 aromatic carbocycles. The van der Waals surface area contributed by atoms with Gasteiger partial charge in [0, 0.05) is 31.3 Å². The van der Waals surface area contributed by atoms with Crippen LogP contribution in [0.1, 0.15) is 23.1 Å². The van der Waals surface area contributed by atoms with Crippen LogP contribution in [0, 0.1) is 23.2 Å². The Labute approximate surface area is 201 Å². The topological polar surface area (TPSA) is 188 Å². The first kappa shape index (κ1) is 24.3. The van der Waals surface area contributed by atoms with E-state index in [-0.39, 0.29) is 29.5 Å². The van der Waals surface area contributed by atoms with Gasteiger partial charge in [-0.05, 0) is 44.5 Å². The number of amides is 1. The Hall–Kier alpha value is -3.88. The summed E-state index contributed by atoms with van der Waals surface area (Å²) in [6.07, 6.45) is 0.153. The highest BCUT2D eigenvalue weighted by Crippen LogP contribution is 2.54. The molecule has 3 aliphatic rings. The van der Waals surface area contributed by atoms with Crippen molar-refractivity contribution in [3.8, 4) is 11.8 Å². The number of anilines is 1. The molecule has 0 spiro atoms. The number of aliphatic hydroxyl groups is 3. The van der Waals surface area contributed by atoms with Gasteiger partial charge in [-0.25, -0.2) is 0 Å². The lowest BCUT2D eigenvalue weighted by molar-refractivity contribution is -0.153. The normalized spacial score (nSPS) is 27.9. The van der Waals surface area contributed by atoms with Gasteiger partial charge in [0.25, 0.3) is 5.91 Å². The minimum atomic E-state index is -2.70. The molecule has 11 nitrogen and oxygen atoms in total. The number of hydrogen-bond donors (Lipinski definition) is 5. The molecule has 4 atom stereocenters. The summed E-state index contributed by atoms with van der Waals surface area (Å²) in [6, 6.07) is 2.20. The predicted octanol–water partition coefficient (Wildman–Crippen LogP) is -0.0983. The average molecular weight is 482 g/mol. The quantitative estimate of drug-likeness (QED) is 0.364. The van der Waals surface area contributed by atoms with E-state index < -0.39 is 63.8 Å². The van der Waals surface area contributed by atoms with Gasteiger partial charge in [0.1, 0.15) is 28.9 Å². The van der Waals surface area contributed by atoms with Crippen LogP contribution in [0.15, 0.2) is 23.0 Å². The minimum Gasteiger partial charge on any atom is -0.508 e. The first-order chi connectivity index (χ1) is 16.3. The zero-order chi connectivity index (χ0) is 26.1. The van der Waals surface area contributed by atoms with Crippen molar-refractivity contribution in [2.24, 2.45) is 17.6 Å². The number of nitrogens with two attached hydrogens (primary N) is 1. The highest BCUT2D eigenvalue weighted by molar-refractivity contribution is 6.24. The van der Waals surface area contributed by atoms with Crippen LogP contribution in [0.3, 0.4) is 0 Å². The minimum absolute atomic E-state index is 0.000601. The maximum Gasteiger partial charge on any atom is 0.255 e. The number of phenolic OH excluding ortho intramolecular Hbond substituents is 1. The standard InChI is InChI=1S/C24H26N4O7/c1-27(2)13-7-10(8-25)18(29)15-11(13)5-9-6-12-17(28(3)4)20(31)16(23(26)34)22(33)24(12,35)21(32)14(9)19(15)30/h7,9,12,17,29-30,33,35H,5-6H2,1-4H3,(H2,26,34)/t9-,12-,17-,24?/m0/s1. The van der Waals surface area contributed by atoms with Crippen LogP contribution >= 0.6 is 0 Å². The molecule has 0 heterocycles. The van der Waals surface area contributed by atoms with Gasteiger partial charge in [0.05, 0.1) is 17.2 Å². The SMILES string of the molecule is CN(C)c1cc(C#N)c(O)c2c1C[C@H]1C[C@H]3[C@H](N(C)C)C(=O)C(C(N)=O)=C(O)C3(O)C(=O)C1=C2O. The summed E-state index contributed by atoms with van der Waals surface area (Å²) in [4.78, 5) is 42.0. The fourth-order valence-corrected chi connectivity index (χ4v) is 5.78. The molecule has 1 unspecified atom stereocenters. The summed E-state index contributed by atoms with van der Waals surface area (Å²) in [6.45, 7) is 0. The molecule has 4 rings (SSSR count). The number of ketones is 2. The van der Waals surface area contributed by atoms with Crippen LogP contribution in [-0.2, 0) is 20.8 Å². The Morgan fingerprint density at radius 3 is 2.34 bits per heavy atom. The van der Waals surface area contributed by atoms with Crippen LogP contribution in [-0.4, -0.2) is 82.6 Å². The molecule has 11 heteroatoms. The molecule has 35 heavy (non-hydrogen) atoms. The number of likely N-dealkylation sites (N-methyl/N-ethyl adjacent to an activating group) is 1. The summed E-state index contributed by atoms with van der Waals surface area (Å²) >= 11 is 0. The largest absolute Gasteiger partial charge is 0.508 e. The van der Waals surface area contributed by atoms with Gasteiger partial charge in [-0.1, -0.05) is 0 Å². The van der Waals surface area contributed by atoms with E-state index in [1.165, 1.54) is 11.0 Å². The average Bonchev–Trinajstić information content (AvgIpc) is 2.75. The fourth-order valence-electron chi connectivity index (χ4n) is 5.78. The van der Waals surface area contributed by atoms with E-state index in [1.807, 2.05) is 6.07 Å². The number of aromatic hydroxyl groups is 1. The van der Waals surface area contributed by atoms with E-state index in [2.05, 4.69) is 0 Å². The van der Waals surface area contributed by atoms with Crippen molar-refractivity contribution < 1.29 is 34.8 Å². The third-order valence-corrected chi connectivity index (χ3v) is 7.30. The first-order valence-electron chi connectivity index (χ1n) is 10.9. The number of fused-ring (bicyclic) bond motifs is 3. The molecular weight excluding hydrogens is 456 g/mol. The highest BCUT2D eigenvalue weighted by Gasteiger charge is 2.64. The number of hydrogen-bond acceptors (Lipinski definition) is 10. The molecule has 0 aliphatic heterocycles. The van der Waals surface area contributed by atoms with E-state index in [0.29, 0.717) is 11.3 Å². The van der Waals surface area contributed by atoms with Crippen molar-refractivity contribution >= 4 is 28.9 Å². The van der Waals surface area contributed by atoms with E-state index in [0.717, 1.165) is 0 Å². The third kappa shape index (κ3) is 3.07. The van der Waals surface area contributed by atoms with Gasteiger partial charge < -0.3 is 31.1 Å². The summed E-state index contributed by atoms with van der Waals surface area (Å²) in [7, 11) is 6.54. The maximum atomic E-state index is 13.8. The number of phenols is 1. The van der Waals surface area contributed by atoms with Gasteiger partial charge >= 0.3 is 0 Å². The predicted molar refractivity (Wildman–Crippen MR) is 123 cm³/mol. The number of nitriles is 1. The maximum absolute atomic E-state index is 13.8. The van der Waals surface area contributed by atoms with Gasteiger partial charge in [-0.3, -0.25) is 19.3 Å². The number of aliphatic hydroxyl groups excluding tert-OH is 2. The molecule has 0 saturated heterocycles. The number of benzene rings is 1. The second-order valence-electron chi connectivity index (χ2n) is 9.61. The van der Waals surface area contributed by atoms with Gasteiger partial charge in [-0.15, -0.1) is 0 Å². The number of rotatable bonds is 3. The smallest absolute Gasteiger partial charge is 0.255 e. The Kier molecular flexibility index (Phi) is 5.42. The lowest BCUT2D eigenvalue weighted by atomic mass is 9.57. The molecule has 1 fully saturated rings. The second kappa shape index (κ2) is 7.83. The van der Waals surface area contributed by atoms with Crippen LogP contribution in [0.5, 0.6) is 5.75 Å². The molecule has 184 valence electrons. The van der Waals surface area contributed by atoms with Crippen molar-refractivity contribution in [1.82, 2.24) is 4.90 Å². The van der Waals surface area contributed by atoms with Crippen molar-refractivity contribution in [2.45, 2.75) is 24.5 Å². The monoisotopic (exact) mass is 482 g/mol. The summed E-state index contributed by atoms with van der Waals surface area (Å²) < 4.78 is 0. The molecule has 0 radical (unpaired) electrons. The number of carbonyl (C=O) groups excluding carboxylic acids is 3. The van der Waals surface area contributed by atoms with E-state index in [9.17, 15) is 40.1 Å². The Morgan fingerprint density at radius 2 is 1.83 bits per heavy atom. The Balaban J connectivity index is 2.03. The fraction of sp³-hybridized carbons (Fsp3) is 0.417. The zero-order valence-electron chi connectivity index (χ0n) is 19.7. The summed E-state index contributed by atoms with van der Waals surface area (Å²) in [5.74, 6) is -7.29. The Morgan fingerprint density at radius 1 is 1.20 bits per heavy atom. The lowest BCUT2D eigenvalue weighted by Gasteiger charge is -2.50. The summed E-state index contributed by atoms with van der Waals surface area (Å²) in [5.41, 5.74) is 2.31. The molecule has 1 amide bonds. The molecule has 0 aromatic heterocycles. The number of primary amides is 1. The van der Waals surface area contributed by atoms with E-state index in [1.54, 1.807) is 33.1 Å². The van der Waals surface area contributed by atoms with Crippen molar-refractivity contribution in [3.05, 3.63) is 39.7 Å². The van der Waals surface area contributed by atoms with Crippen molar-refractivity contribution in [2.75, 3.05) is 33.1 Å². The molecule has 6 N–H and O–H groups in total. The third-order valence-electron chi connectivity index (χ3n) is 7.30. The van der Waals surface area contributed by atoms with Crippen LogP contribution < -0.4 is 10.6 Å². The number of nitrogens with zero attached hydrogens (tertiary/aromatic N) is 3. The van der Waals surface area contributed by atoms with Crippen LogP contribution in [0.2, 0.25) is 0 Å². The lowest BCUT2D eigenvalue weighted by Crippen LogP contribution is -2.65. The molecular formula is C24H26N4O7. The Bertz CT molecular complexity index is 1300. The first-order valence-corrected chi connectivity index (χ1v) is 10.9. The van der Waals surface area contributed by atoms with Gasteiger partial charge in [0.15, 0.2) is 11.4 Å². The van der Waals surface area contributed by atoms with Gasteiger partial charge in [-0.2, -0.15) is 5.26 Å². The molecule has 0 bridgehead atoms. The van der Waals surface area contributed by atoms with E-state index >= 15 is 0 Å². The second-order valence-corrected chi connectivity index (χ2v) is 9.61. The van der Waals surface area contributed by atoms with E-state index in [4.69, 9.17) is 5.73 Å². The highest BCUT2D eigenvalue weighted by atomic mass is 16.3. The van der Waals surface area contributed by atoms with Crippen LogP contribution in [0.25, 0.3) is 5.76 Å². The summed E-state index contributed by atoms with van der Waals surface area (Å²) in [5, 5.41) is 53.8. The number of carbonyl (C=O) groups is 3.